The van der Waals surface area contributed by atoms with Gasteiger partial charge in [-0.15, -0.1) is 24.0 Å². The van der Waals surface area contributed by atoms with E-state index in [4.69, 9.17) is 4.74 Å². The molecule has 1 saturated heterocycles. The van der Waals surface area contributed by atoms with Crippen LogP contribution < -0.4 is 5.32 Å². The molecule has 140 valence electrons. The van der Waals surface area contributed by atoms with Gasteiger partial charge in [0.2, 0.25) is 0 Å². The summed E-state index contributed by atoms with van der Waals surface area (Å²) < 4.78 is 5.47. The Morgan fingerprint density at radius 1 is 1.38 bits per heavy atom. The number of carbonyl (C=O) groups is 1. The molecule has 24 heavy (non-hydrogen) atoms. The van der Waals surface area contributed by atoms with Crippen LogP contribution >= 0.6 is 35.7 Å². The lowest BCUT2D eigenvalue weighted by Crippen LogP contribution is -2.57. The molecular formula is C16H31IN4O2S. The molecule has 0 aromatic carbocycles. The first-order valence-electron chi connectivity index (χ1n) is 8.42. The molecule has 2 aliphatic rings. The molecule has 0 bridgehead atoms. The summed E-state index contributed by atoms with van der Waals surface area (Å²) in [5.41, 5.74) is -0.441. The van der Waals surface area contributed by atoms with Gasteiger partial charge in [0.25, 0.3) is 0 Å². The van der Waals surface area contributed by atoms with Crippen LogP contribution in [0.3, 0.4) is 0 Å². The van der Waals surface area contributed by atoms with Crippen molar-refractivity contribution < 1.29 is 9.53 Å². The lowest BCUT2D eigenvalue weighted by Gasteiger charge is -2.39. The van der Waals surface area contributed by atoms with Gasteiger partial charge in [0, 0.05) is 26.2 Å². The van der Waals surface area contributed by atoms with Crippen LogP contribution in [0.1, 0.15) is 33.6 Å². The highest BCUT2D eigenvalue weighted by atomic mass is 127. The molecule has 0 aromatic rings. The van der Waals surface area contributed by atoms with Crippen molar-refractivity contribution in [2.24, 2.45) is 4.99 Å². The number of fused-ring (bicyclic) bond motifs is 1. The van der Waals surface area contributed by atoms with E-state index < -0.39 is 5.60 Å². The van der Waals surface area contributed by atoms with E-state index in [2.05, 4.69) is 21.5 Å². The fraction of sp³-hybridized carbons (Fsp3) is 0.875. The zero-order valence-electron chi connectivity index (χ0n) is 15.2. The van der Waals surface area contributed by atoms with Gasteiger partial charge in [-0.3, -0.25) is 4.99 Å². The largest absolute Gasteiger partial charge is 0.444 e. The van der Waals surface area contributed by atoms with Crippen molar-refractivity contribution >= 4 is 47.8 Å². The predicted octanol–water partition coefficient (Wildman–Crippen LogP) is 2.63. The normalized spacial score (nSPS) is 20.2. The van der Waals surface area contributed by atoms with E-state index in [0.717, 1.165) is 25.6 Å². The minimum absolute atomic E-state index is 0. The maximum atomic E-state index is 12.2. The standard InChI is InChI=1S/C16H30N4O2S.HI/c1-16(2,3)22-15(21)19-8-9-20-13(12-19)11-18-14(20)17-7-5-6-10-23-4;/h13H,5-12H2,1-4H3,(H,17,18);1H. The summed E-state index contributed by atoms with van der Waals surface area (Å²) in [6.07, 6.45) is 4.33. The highest BCUT2D eigenvalue weighted by Gasteiger charge is 2.36. The fourth-order valence-corrected chi connectivity index (χ4v) is 3.29. The van der Waals surface area contributed by atoms with Gasteiger partial charge in [0.15, 0.2) is 5.96 Å². The highest BCUT2D eigenvalue weighted by Crippen LogP contribution is 2.18. The summed E-state index contributed by atoms with van der Waals surface area (Å²) in [7, 11) is 0. The zero-order valence-corrected chi connectivity index (χ0v) is 18.4. The number of piperazine rings is 1. The van der Waals surface area contributed by atoms with E-state index in [1.54, 1.807) is 0 Å². The Morgan fingerprint density at radius 2 is 2.12 bits per heavy atom. The summed E-state index contributed by atoms with van der Waals surface area (Å²) in [6.45, 7) is 9.64. The fourth-order valence-electron chi connectivity index (χ4n) is 2.79. The van der Waals surface area contributed by atoms with Crippen molar-refractivity contribution in [3.63, 3.8) is 0 Å². The molecule has 0 aromatic heterocycles. The average Bonchev–Trinajstić information content (AvgIpc) is 2.88. The van der Waals surface area contributed by atoms with Crippen molar-refractivity contribution in [3.8, 4) is 0 Å². The number of unbranched alkanes of at least 4 members (excludes halogenated alkanes) is 1. The molecule has 1 atom stereocenters. The number of halogens is 1. The number of guanidine groups is 1. The maximum absolute atomic E-state index is 12.2. The number of thioether (sulfide) groups is 1. The van der Waals surface area contributed by atoms with Crippen LogP contribution in [-0.4, -0.2) is 78.2 Å². The number of nitrogens with one attached hydrogen (secondary N) is 1. The van der Waals surface area contributed by atoms with Gasteiger partial charge in [-0.05, 0) is 45.6 Å². The molecule has 1 N–H and O–H groups in total. The van der Waals surface area contributed by atoms with Crippen LogP contribution in [0.5, 0.6) is 0 Å². The van der Waals surface area contributed by atoms with E-state index in [1.807, 2.05) is 37.4 Å². The second kappa shape index (κ2) is 9.94. The van der Waals surface area contributed by atoms with Gasteiger partial charge in [0.05, 0.1) is 12.6 Å². The molecule has 1 unspecified atom stereocenters. The number of amides is 1. The SMILES string of the molecule is CSCCCCNC1=NCC2CN(C(=O)OC(C)(C)C)CCN12.I. The topological polar surface area (TPSA) is 57.2 Å². The lowest BCUT2D eigenvalue weighted by molar-refractivity contribution is 0.0137. The van der Waals surface area contributed by atoms with Crippen LogP contribution in [-0.2, 0) is 4.74 Å². The van der Waals surface area contributed by atoms with Gasteiger partial charge in [-0.2, -0.15) is 11.8 Å². The van der Waals surface area contributed by atoms with Gasteiger partial charge in [-0.25, -0.2) is 4.79 Å². The van der Waals surface area contributed by atoms with Crippen LogP contribution in [0.2, 0.25) is 0 Å². The maximum Gasteiger partial charge on any atom is 0.410 e. The lowest BCUT2D eigenvalue weighted by atomic mass is 10.2. The highest BCUT2D eigenvalue weighted by molar-refractivity contribution is 14.0. The summed E-state index contributed by atoms with van der Waals surface area (Å²) in [5.74, 6) is 2.22. The molecule has 1 fully saturated rings. The summed E-state index contributed by atoms with van der Waals surface area (Å²) in [4.78, 5) is 20.9. The number of carbonyl (C=O) groups excluding carboxylic acids is 1. The van der Waals surface area contributed by atoms with E-state index >= 15 is 0 Å². The van der Waals surface area contributed by atoms with Crippen LogP contribution in [0.15, 0.2) is 4.99 Å². The Labute approximate surface area is 167 Å². The Hall–Kier alpha value is -0.380. The molecule has 8 heteroatoms. The van der Waals surface area contributed by atoms with Crippen molar-refractivity contribution in [1.82, 2.24) is 15.1 Å². The van der Waals surface area contributed by atoms with E-state index in [1.165, 1.54) is 18.6 Å². The van der Waals surface area contributed by atoms with Crippen LogP contribution in [0.4, 0.5) is 4.79 Å². The summed E-state index contributed by atoms with van der Waals surface area (Å²) >= 11 is 1.89. The minimum Gasteiger partial charge on any atom is -0.444 e. The quantitative estimate of drug-likeness (QED) is 0.495. The van der Waals surface area contributed by atoms with Crippen molar-refractivity contribution in [3.05, 3.63) is 0 Å². The van der Waals surface area contributed by atoms with Crippen LogP contribution in [0.25, 0.3) is 0 Å². The second-order valence-corrected chi connectivity index (χ2v) is 8.05. The monoisotopic (exact) mass is 470 g/mol. The third kappa shape index (κ3) is 6.50. The molecule has 0 radical (unpaired) electrons. The molecule has 0 aliphatic carbocycles. The summed E-state index contributed by atoms with van der Waals surface area (Å²) in [5, 5.41) is 3.45. The van der Waals surface area contributed by atoms with Gasteiger partial charge in [-0.1, -0.05) is 0 Å². The molecule has 2 aliphatic heterocycles. The molecular weight excluding hydrogens is 439 g/mol. The Balaban J connectivity index is 0.00000288. The Kier molecular flexibility index (Phi) is 8.97. The Morgan fingerprint density at radius 3 is 2.79 bits per heavy atom. The van der Waals surface area contributed by atoms with Gasteiger partial charge < -0.3 is 19.9 Å². The smallest absolute Gasteiger partial charge is 0.410 e. The van der Waals surface area contributed by atoms with E-state index in [-0.39, 0.29) is 36.1 Å². The van der Waals surface area contributed by atoms with E-state index in [9.17, 15) is 4.79 Å². The third-order valence-corrected chi connectivity index (χ3v) is 4.61. The third-order valence-electron chi connectivity index (χ3n) is 3.92. The molecule has 2 heterocycles. The van der Waals surface area contributed by atoms with Crippen molar-refractivity contribution in [1.29, 1.82) is 0 Å². The summed E-state index contributed by atoms with van der Waals surface area (Å²) in [6, 6.07) is 0.282. The zero-order chi connectivity index (χ0) is 16.9. The number of hydrogen-bond acceptors (Lipinski definition) is 6. The minimum atomic E-state index is -0.441. The molecule has 6 nitrogen and oxygen atoms in total. The van der Waals surface area contributed by atoms with Crippen LogP contribution in [0, 0.1) is 0 Å². The average molecular weight is 470 g/mol. The predicted molar refractivity (Wildman–Crippen MR) is 112 cm³/mol. The first kappa shape index (κ1) is 21.7. The molecule has 1 amide bonds. The van der Waals surface area contributed by atoms with Gasteiger partial charge >= 0.3 is 6.09 Å². The number of aliphatic imine (C=N–C) groups is 1. The van der Waals surface area contributed by atoms with Crippen molar-refractivity contribution in [2.75, 3.05) is 44.7 Å². The Bertz CT molecular complexity index is 442. The van der Waals surface area contributed by atoms with Gasteiger partial charge in [0.1, 0.15) is 5.60 Å². The first-order chi connectivity index (χ1) is 10.9. The number of ether oxygens (including phenoxy) is 1. The first-order valence-corrected chi connectivity index (χ1v) is 9.82. The van der Waals surface area contributed by atoms with E-state index in [0.29, 0.717) is 13.1 Å². The number of nitrogens with zero attached hydrogens (tertiary/aromatic N) is 3. The second-order valence-electron chi connectivity index (χ2n) is 7.06. The molecule has 0 saturated carbocycles. The molecule has 0 spiro atoms. The number of hydrogen-bond donors (Lipinski definition) is 1. The number of rotatable bonds is 5. The van der Waals surface area contributed by atoms with Crippen molar-refractivity contribution in [2.45, 2.75) is 45.3 Å². The molecule has 2 rings (SSSR count).